The number of benzene rings is 1. The van der Waals surface area contributed by atoms with Gasteiger partial charge in [-0.05, 0) is 48.1 Å². The summed E-state index contributed by atoms with van der Waals surface area (Å²) in [7, 11) is 0. The monoisotopic (exact) mass is 238 g/mol. The zero-order valence-electron chi connectivity index (χ0n) is 10.5. The van der Waals surface area contributed by atoms with Crippen LogP contribution in [-0.4, -0.2) is 4.98 Å². The quantitative estimate of drug-likeness (QED) is 0.888. The minimum atomic E-state index is 0.503. The van der Waals surface area contributed by atoms with Gasteiger partial charge in [-0.15, -0.1) is 0 Å². The number of hydrogen-bond donors (Lipinski definition) is 1. The highest BCUT2D eigenvalue weighted by Crippen LogP contribution is 2.29. The molecule has 0 spiro atoms. The molecule has 18 heavy (non-hydrogen) atoms. The summed E-state index contributed by atoms with van der Waals surface area (Å²) in [6.45, 7) is 0.918. The van der Waals surface area contributed by atoms with Crippen molar-refractivity contribution in [1.82, 2.24) is 10.3 Å². The van der Waals surface area contributed by atoms with Crippen LogP contribution in [0.15, 0.2) is 48.8 Å². The van der Waals surface area contributed by atoms with E-state index >= 15 is 0 Å². The molecule has 0 radical (unpaired) electrons. The molecular weight excluding hydrogens is 220 g/mol. The van der Waals surface area contributed by atoms with Gasteiger partial charge in [0.25, 0.3) is 0 Å². The number of nitrogens with one attached hydrogen (secondary N) is 1. The molecule has 2 nitrogen and oxygen atoms in total. The minimum absolute atomic E-state index is 0.503. The molecule has 2 aromatic rings. The average molecular weight is 238 g/mol. The largest absolute Gasteiger partial charge is 0.306 e. The topological polar surface area (TPSA) is 24.9 Å². The van der Waals surface area contributed by atoms with E-state index in [0.29, 0.717) is 6.04 Å². The second kappa shape index (κ2) is 5.32. The Kier molecular flexibility index (Phi) is 3.37. The third kappa shape index (κ3) is 2.44. The minimum Gasteiger partial charge on any atom is -0.306 e. The molecule has 0 unspecified atom stereocenters. The fourth-order valence-electron chi connectivity index (χ4n) is 2.71. The Bertz CT molecular complexity index is 508. The van der Waals surface area contributed by atoms with Crippen molar-refractivity contribution in [2.45, 2.75) is 31.8 Å². The van der Waals surface area contributed by atoms with E-state index in [9.17, 15) is 0 Å². The van der Waals surface area contributed by atoms with Crippen LogP contribution in [-0.2, 0) is 13.0 Å². The summed E-state index contributed by atoms with van der Waals surface area (Å²) in [5, 5.41) is 3.67. The van der Waals surface area contributed by atoms with Crippen LogP contribution in [0.2, 0.25) is 0 Å². The third-order valence-corrected chi connectivity index (χ3v) is 3.67. The van der Waals surface area contributed by atoms with Crippen LogP contribution in [0.4, 0.5) is 0 Å². The SMILES string of the molecule is c1ccc2c(c1)CCC[C@H]2NCc1ccncc1. The number of rotatable bonds is 3. The first kappa shape index (κ1) is 11.4. The molecule has 92 valence electrons. The molecule has 1 aromatic heterocycles. The smallest absolute Gasteiger partial charge is 0.0326 e. The zero-order chi connectivity index (χ0) is 12.2. The number of pyridine rings is 1. The summed E-state index contributed by atoms with van der Waals surface area (Å²) in [4.78, 5) is 4.05. The van der Waals surface area contributed by atoms with Gasteiger partial charge in [0.05, 0.1) is 0 Å². The van der Waals surface area contributed by atoms with Gasteiger partial charge in [-0.3, -0.25) is 4.98 Å². The first-order chi connectivity index (χ1) is 8.93. The summed E-state index contributed by atoms with van der Waals surface area (Å²) in [5.74, 6) is 0. The molecule has 1 aromatic carbocycles. The Balaban J connectivity index is 1.71. The van der Waals surface area contributed by atoms with Crippen molar-refractivity contribution in [1.29, 1.82) is 0 Å². The van der Waals surface area contributed by atoms with E-state index in [2.05, 4.69) is 46.7 Å². The lowest BCUT2D eigenvalue weighted by Gasteiger charge is -2.26. The van der Waals surface area contributed by atoms with Gasteiger partial charge in [0, 0.05) is 25.0 Å². The van der Waals surface area contributed by atoms with Crippen LogP contribution in [0.5, 0.6) is 0 Å². The molecule has 0 aliphatic heterocycles. The molecule has 0 saturated carbocycles. The van der Waals surface area contributed by atoms with Crippen LogP contribution in [0.1, 0.15) is 35.6 Å². The second-order valence-electron chi connectivity index (χ2n) is 4.88. The van der Waals surface area contributed by atoms with Crippen LogP contribution in [0.25, 0.3) is 0 Å². The lowest BCUT2D eigenvalue weighted by atomic mass is 9.87. The Hall–Kier alpha value is -1.67. The number of hydrogen-bond acceptors (Lipinski definition) is 2. The summed E-state index contributed by atoms with van der Waals surface area (Å²) in [6, 6.07) is 13.5. The highest BCUT2D eigenvalue weighted by Gasteiger charge is 2.18. The molecule has 1 atom stereocenters. The fraction of sp³-hybridized carbons (Fsp3) is 0.312. The van der Waals surface area contributed by atoms with E-state index in [0.717, 1.165) is 6.54 Å². The van der Waals surface area contributed by atoms with E-state index in [4.69, 9.17) is 0 Å². The molecule has 3 rings (SSSR count). The second-order valence-corrected chi connectivity index (χ2v) is 4.88. The van der Waals surface area contributed by atoms with E-state index in [1.165, 1.54) is 36.0 Å². The molecule has 0 amide bonds. The lowest BCUT2D eigenvalue weighted by molar-refractivity contribution is 0.459. The number of aromatic nitrogens is 1. The van der Waals surface area contributed by atoms with Gasteiger partial charge in [0.1, 0.15) is 0 Å². The number of nitrogens with zero attached hydrogens (tertiary/aromatic N) is 1. The van der Waals surface area contributed by atoms with Crippen molar-refractivity contribution >= 4 is 0 Å². The average Bonchev–Trinajstić information content (AvgIpc) is 2.46. The highest BCUT2D eigenvalue weighted by molar-refractivity contribution is 5.32. The van der Waals surface area contributed by atoms with E-state index in [1.54, 1.807) is 0 Å². The molecule has 1 N–H and O–H groups in total. The van der Waals surface area contributed by atoms with E-state index in [-0.39, 0.29) is 0 Å². The zero-order valence-corrected chi connectivity index (χ0v) is 10.5. The van der Waals surface area contributed by atoms with Gasteiger partial charge in [-0.2, -0.15) is 0 Å². The molecule has 1 aliphatic rings. The maximum Gasteiger partial charge on any atom is 0.0326 e. The van der Waals surface area contributed by atoms with Crippen LogP contribution in [0, 0.1) is 0 Å². The van der Waals surface area contributed by atoms with Gasteiger partial charge in [-0.25, -0.2) is 0 Å². The van der Waals surface area contributed by atoms with Gasteiger partial charge in [-0.1, -0.05) is 24.3 Å². The lowest BCUT2D eigenvalue weighted by Crippen LogP contribution is -2.24. The van der Waals surface area contributed by atoms with Crippen LogP contribution >= 0.6 is 0 Å². The third-order valence-electron chi connectivity index (χ3n) is 3.67. The molecule has 0 saturated heterocycles. The van der Waals surface area contributed by atoms with Crippen LogP contribution < -0.4 is 5.32 Å². The van der Waals surface area contributed by atoms with Crippen molar-refractivity contribution in [3.63, 3.8) is 0 Å². The van der Waals surface area contributed by atoms with E-state index < -0.39 is 0 Å². The van der Waals surface area contributed by atoms with Crippen molar-refractivity contribution in [2.75, 3.05) is 0 Å². The molecule has 1 heterocycles. The van der Waals surface area contributed by atoms with Crippen LogP contribution in [0.3, 0.4) is 0 Å². The molecular formula is C16H18N2. The Morgan fingerprint density at radius 2 is 1.94 bits per heavy atom. The summed E-state index contributed by atoms with van der Waals surface area (Å²) in [5.41, 5.74) is 4.29. The first-order valence-electron chi connectivity index (χ1n) is 6.63. The van der Waals surface area contributed by atoms with Gasteiger partial charge < -0.3 is 5.32 Å². The van der Waals surface area contributed by atoms with Crippen molar-refractivity contribution in [3.8, 4) is 0 Å². The molecule has 0 bridgehead atoms. The number of fused-ring (bicyclic) bond motifs is 1. The van der Waals surface area contributed by atoms with Gasteiger partial charge >= 0.3 is 0 Å². The number of aryl methyl sites for hydroxylation is 1. The van der Waals surface area contributed by atoms with Crippen molar-refractivity contribution in [2.24, 2.45) is 0 Å². The maximum atomic E-state index is 4.05. The summed E-state index contributed by atoms with van der Waals surface area (Å²) < 4.78 is 0. The Morgan fingerprint density at radius 1 is 1.11 bits per heavy atom. The molecule has 0 fully saturated rings. The Morgan fingerprint density at radius 3 is 2.83 bits per heavy atom. The predicted octanol–water partition coefficient (Wildman–Crippen LogP) is 3.25. The molecule has 1 aliphatic carbocycles. The predicted molar refractivity (Wildman–Crippen MR) is 73.2 cm³/mol. The normalized spacial score (nSPS) is 18.3. The first-order valence-corrected chi connectivity index (χ1v) is 6.63. The molecule has 2 heteroatoms. The van der Waals surface area contributed by atoms with Gasteiger partial charge in [0.2, 0.25) is 0 Å². The summed E-state index contributed by atoms with van der Waals surface area (Å²) >= 11 is 0. The van der Waals surface area contributed by atoms with E-state index in [1.807, 2.05) is 12.4 Å². The fourth-order valence-corrected chi connectivity index (χ4v) is 2.71. The van der Waals surface area contributed by atoms with Gasteiger partial charge in [0.15, 0.2) is 0 Å². The standard InChI is InChI=1S/C16H18N2/c1-2-6-15-14(4-1)5-3-7-16(15)18-12-13-8-10-17-11-9-13/h1-2,4,6,8-11,16,18H,3,5,7,12H2/t16-/m1/s1. The summed E-state index contributed by atoms with van der Waals surface area (Å²) in [6.07, 6.45) is 7.45. The highest BCUT2D eigenvalue weighted by atomic mass is 14.9. The van der Waals surface area contributed by atoms with Crippen molar-refractivity contribution < 1.29 is 0 Å². The Labute approximate surface area is 108 Å². The van der Waals surface area contributed by atoms with Crippen molar-refractivity contribution in [3.05, 3.63) is 65.5 Å². The maximum absolute atomic E-state index is 4.05.